The van der Waals surface area contributed by atoms with Crippen LogP contribution in [0.15, 0.2) is 42.7 Å². The van der Waals surface area contributed by atoms with Gasteiger partial charge in [-0.05, 0) is 24.3 Å². The monoisotopic (exact) mass is 286 g/mol. The first-order valence-corrected chi connectivity index (χ1v) is 6.20. The molecule has 0 atom stereocenters. The van der Waals surface area contributed by atoms with Gasteiger partial charge in [0.1, 0.15) is 5.75 Å². The molecule has 2 rings (SSSR count). The van der Waals surface area contributed by atoms with Crippen LogP contribution < -0.4 is 4.74 Å². The van der Waals surface area contributed by atoms with Crippen LogP contribution in [-0.4, -0.2) is 33.2 Å². The summed E-state index contributed by atoms with van der Waals surface area (Å²) in [7, 11) is 1.79. The molecular weight excluding hydrogens is 272 g/mol. The van der Waals surface area contributed by atoms with Crippen molar-refractivity contribution in [1.82, 2.24) is 9.78 Å². The molecule has 1 aromatic carbocycles. The third-order valence-corrected chi connectivity index (χ3v) is 2.63. The fourth-order valence-corrected chi connectivity index (χ4v) is 1.68. The van der Waals surface area contributed by atoms with Gasteiger partial charge >= 0.3 is 5.97 Å². The Hall–Kier alpha value is -2.89. The summed E-state index contributed by atoms with van der Waals surface area (Å²) < 4.78 is 6.68. The van der Waals surface area contributed by atoms with E-state index in [2.05, 4.69) is 5.10 Å². The predicted molar refractivity (Wildman–Crippen MR) is 76.1 cm³/mol. The molecular formula is C15H14N2O4. The van der Waals surface area contributed by atoms with Crippen LogP contribution in [0.2, 0.25) is 0 Å². The molecule has 0 radical (unpaired) electrons. The highest BCUT2D eigenvalue weighted by molar-refractivity contribution is 6.07. The highest BCUT2D eigenvalue weighted by atomic mass is 16.5. The first-order chi connectivity index (χ1) is 10.0. The molecule has 6 heteroatoms. The van der Waals surface area contributed by atoms with Gasteiger partial charge in [0.25, 0.3) is 0 Å². The summed E-state index contributed by atoms with van der Waals surface area (Å²) in [5.41, 5.74) is 1.25. The van der Waals surface area contributed by atoms with E-state index in [1.165, 1.54) is 12.1 Å². The minimum absolute atomic E-state index is 0.195. The van der Waals surface area contributed by atoms with Crippen LogP contribution in [0, 0.1) is 0 Å². The average Bonchev–Trinajstić information content (AvgIpc) is 2.88. The number of allylic oxidation sites excluding steroid dienone is 1. The largest absolute Gasteiger partial charge is 0.482 e. The van der Waals surface area contributed by atoms with Gasteiger partial charge < -0.3 is 9.84 Å². The van der Waals surface area contributed by atoms with Gasteiger partial charge in [-0.15, -0.1) is 0 Å². The molecule has 1 N–H and O–H groups in total. The fourth-order valence-electron chi connectivity index (χ4n) is 1.68. The van der Waals surface area contributed by atoms with Crippen LogP contribution in [-0.2, 0) is 11.8 Å². The lowest BCUT2D eigenvalue weighted by Crippen LogP contribution is -2.09. The van der Waals surface area contributed by atoms with Gasteiger partial charge in [0.2, 0.25) is 0 Å². The van der Waals surface area contributed by atoms with Gasteiger partial charge in [-0.2, -0.15) is 5.10 Å². The maximum atomic E-state index is 12.0. The highest BCUT2D eigenvalue weighted by Crippen LogP contribution is 2.14. The maximum Gasteiger partial charge on any atom is 0.341 e. The summed E-state index contributed by atoms with van der Waals surface area (Å²) in [5.74, 6) is -0.916. The Balaban J connectivity index is 2.06. The number of aliphatic carboxylic acids is 1. The Labute approximate surface area is 121 Å². The molecule has 1 aromatic heterocycles. The molecule has 0 unspecified atom stereocenters. The number of aryl methyl sites for hydroxylation is 1. The molecule has 0 aliphatic rings. The van der Waals surface area contributed by atoms with Crippen molar-refractivity contribution in [2.24, 2.45) is 7.05 Å². The van der Waals surface area contributed by atoms with Crippen LogP contribution in [0.5, 0.6) is 5.75 Å². The number of nitrogens with zero attached hydrogens (tertiary/aromatic N) is 2. The van der Waals surface area contributed by atoms with E-state index in [4.69, 9.17) is 9.84 Å². The topological polar surface area (TPSA) is 81.4 Å². The lowest BCUT2D eigenvalue weighted by atomic mass is 10.1. The molecule has 0 spiro atoms. The predicted octanol–water partition coefficient (Wildman–Crippen LogP) is 1.78. The SMILES string of the molecule is Cn1cc(C=CC(=O)c2cccc(OCC(=O)O)c2)cn1. The molecule has 0 aliphatic carbocycles. The van der Waals surface area contributed by atoms with Gasteiger partial charge in [-0.1, -0.05) is 12.1 Å². The Morgan fingerprint density at radius 3 is 2.90 bits per heavy atom. The Morgan fingerprint density at radius 2 is 2.24 bits per heavy atom. The van der Waals surface area contributed by atoms with E-state index in [0.717, 1.165) is 5.56 Å². The van der Waals surface area contributed by atoms with Crippen molar-refractivity contribution in [3.63, 3.8) is 0 Å². The Morgan fingerprint density at radius 1 is 1.43 bits per heavy atom. The van der Waals surface area contributed by atoms with Crippen molar-refractivity contribution in [1.29, 1.82) is 0 Å². The molecule has 6 nitrogen and oxygen atoms in total. The number of aromatic nitrogens is 2. The van der Waals surface area contributed by atoms with Gasteiger partial charge in [0, 0.05) is 24.4 Å². The van der Waals surface area contributed by atoms with Crippen molar-refractivity contribution < 1.29 is 19.4 Å². The van der Waals surface area contributed by atoms with Crippen molar-refractivity contribution in [3.8, 4) is 5.75 Å². The minimum Gasteiger partial charge on any atom is -0.482 e. The van der Waals surface area contributed by atoms with E-state index < -0.39 is 12.6 Å². The van der Waals surface area contributed by atoms with Crippen LogP contribution in [0.25, 0.3) is 6.08 Å². The van der Waals surface area contributed by atoms with Gasteiger partial charge in [0.15, 0.2) is 12.4 Å². The maximum absolute atomic E-state index is 12.0. The molecule has 108 valence electrons. The first-order valence-electron chi connectivity index (χ1n) is 6.20. The van der Waals surface area contributed by atoms with E-state index in [1.54, 1.807) is 48.4 Å². The molecule has 0 aliphatic heterocycles. The van der Waals surface area contributed by atoms with Crippen LogP contribution in [0.3, 0.4) is 0 Å². The zero-order chi connectivity index (χ0) is 15.2. The number of ether oxygens (including phenoxy) is 1. The smallest absolute Gasteiger partial charge is 0.341 e. The minimum atomic E-state index is -1.07. The molecule has 21 heavy (non-hydrogen) atoms. The average molecular weight is 286 g/mol. The summed E-state index contributed by atoms with van der Waals surface area (Å²) in [6, 6.07) is 6.40. The zero-order valence-corrected chi connectivity index (χ0v) is 11.4. The summed E-state index contributed by atoms with van der Waals surface area (Å²) >= 11 is 0. The number of carbonyl (C=O) groups excluding carboxylic acids is 1. The Kier molecular flexibility index (Phi) is 4.50. The molecule has 0 saturated carbocycles. The second-order valence-corrected chi connectivity index (χ2v) is 4.36. The van der Waals surface area contributed by atoms with E-state index in [0.29, 0.717) is 11.3 Å². The number of hydrogen-bond donors (Lipinski definition) is 1. The lowest BCUT2D eigenvalue weighted by Gasteiger charge is -2.04. The van der Waals surface area contributed by atoms with Crippen LogP contribution in [0.4, 0.5) is 0 Å². The van der Waals surface area contributed by atoms with Crippen molar-refractivity contribution in [2.45, 2.75) is 0 Å². The molecule has 0 amide bonds. The summed E-state index contributed by atoms with van der Waals surface area (Å²) in [4.78, 5) is 22.5. The summed E-state index contributed by atoms with van der Waals surface area (Å²) in [6.45, 7) is -0.441. The third-order valence-electron chi connectivity index (χ3n) is 2.63. The van der Waals surface area contributed by atoms with E-state index >= 15 is 0 Å². The molecule has 2 aromatic rings. The van der Waals surface area contributed by atoms with E-state index in [1.807, 2.05) is 0 Å². The Bertz CT molecular complexity index is 688. The van der Waals surface area contributed by atoms with Gasteiger partial charge in [-0.3, -0.25) is 9.48 Å². The number of rotatable bonds is 6. The number of carboxylic acid groups (broad SMARTS) is 1. The molecule has 0 bridgehead atoms. The summed E-state index contributed by atoms with van der Waals surface area (Å²) in [5, 5.41) is 12.6. The quantitative estimate of drug-likeness (QED) is 0.646. The fraction of sp³-hybridized carbons (Fsp3) is 0.133. The van der Waals surface area contributed by atoms with Gasteiger partial charge in [-0.25, -0.2) is 4.79 Å². The summed E-state index contributed by atoms with van der Waals surface area (Å²) in [6.07, 6.45) is 6.54. The standard InChI is InChI=1S/C15H14N2O4/c1-17-9-11(8-16-17)5-6-14(18)12-3-2-4-13(7-12)21-10-15(19)20/h2-9H,10H2,1H3,(H,19,20). The second-order valence-electron chi connectivity index (χ2n) is 4.36. The van der Waals surface area contributed by atoms with Crippen molar-refractivity contribution in [2.75, 3.05) is 6.61 Å². The molecule has 0 fully saturated rings. The van der Waals surface area contributed by atoms with Gasteiger partial charge in [0.05, 0.1) is 6.20 Å². The lowest BCUT2D eigenvalue weighted by molar-refractivity contribution is -0.139. The van der Waals surface area contributed by atoms with Crippen molar-refractivity contribution in [3.05, 3.63) is 53.9 Å². The first kappa shape index (κ1) is 14.5. The third kappa shape index (κ3) is 4.31. The number of benzene rings is 1. The molecule has 1 heterocycles. The van der Waals surface area contributed by atoms with Crippen LogP contribution in [0.1, 0.15) is 15.9 Å². The normalized spacial score (nSPS) is 10.7. The number of carboxylic acids is 1. The van der Waals surface area contributed by atoms with Crippen LogP contribution >= 0.6 is 0 Å². The highest BCUT2D eigenvalue weighted by Gasteiger charge is 2.05. The number of ketones is 1. The van der Waals surface area contributed by atoms with E-state index in [9.17, 15) is 9.59 Å². The molecule has 0 saturated heterocycles. The van der Waals surface area contributed by atoms with Crippen molar-refractivity contribution >= 4 is 17.8 Å². The number of hydrogen-bond acceptors (Lipinski definition) is 4. The zero-order valence-electron chi connectivity index (χ0n) is 11.4. The second kappa shape index (κ2) is 6.51. The number of carbonyl (C=O) groups is 2. The van der Waals surface area contributed by atoms with E-state index in [-0.39, 0.29) is 5.78 Å².